The third kappa shape index (κ3) is 4.14. The minimum absolute atomic E-state index is 0.564. The Morgan fingerprint density at radius 1 is 0.373 bits per heavy atom. The number of furan rings is 1. The Bertz CT molecular complexity index is 3040. The molecule has 11 rings (SSSR count). The molecule has 0 aliphatic heterocycles. The van der Waals surface area contributed by atoms with Gasteiger partial charge in [-0.25, -0.2) is 4.98 Å². The molecule has 11 aromatic rings. The predicted molar refractivity (Wildman–Crippen MR) is 207 cm³/mol. The molecule has 6 heteroatoms. The topological polar surface area (TPSA) is 61.7 Å². The van der Waals surface area contributed by atoms with E-state index in [9.17, 15) is 0 Å². The molecule has 0 saturated carbocycles. The van der Waals surface area contributed by atoms with Crippen molar-refractivity contribution in [3.05, 3.63) is 164 Å². The third-order valence-corrected chi connectivity index (χ3v) is 9.99. The molecule has 0 unspecified atom stereocenters. The standard InChI is InChI=1S/C45H27N5O/c1-2-13-28(14-3-1)43-46-44(48-45(47-43)50-38-22-10-6-17-32(38)33-18-7-11-23-39(33)50)29-25-26-34-35-19-12-24-40(42(35)51-41(34)27-29)49-36-20-8-4-15-30(36)31-16-5-9-21-37(31)49/h1-27H. The minimum atomic E-state index is 0.564. The van der Waals surface area contributed by atoms with Crippen LogP contribution in [-0.4, -0.2) is 24.1 Å². The SMILES string of the molecule is c1ccc(-c2nc(-c3ccc4c(c3)oc3c(-n5c6ccccc6c6ccccc65)cccc34)nc(-n3c4ccccc4c4ccccc43)n2)cc1. The fourth-order valence-corrected chi connectivity index (χ4v) is 7.73. The van der Waals surface area contributed by atoms with E-state index in [0.717, 1.165) is 71.6 Å². The van der Waals surface area contributed by atoms with Crippen LogP contribution in [0, 0.1) is 0 Å². The lowest BCUT2D eigenvalue weighted by Gasteiger charge is -2.10. The number of hydrogen-bond acceptors (Lipinski definition) is 4. The second-order valence-electron chi connectivity index (χ2n) is 12.9. The van der Waals surface area contributed by atoms with E-state index in [4.69, 9.17) is 19.4 Å². The lowest BCUT2D eigenvalue weighted by molar-refractivity contribution is 0.666. The van der Waals surface area contributed by atoms with Crippen LogP contribution in [0.1, 0.15) is 0 Å². The zero-order chi connectivity index (χ0) is 33.5. The van der Waals surface area contributed by atoms with Crippen molar-refractivity contribution in [1.82, 2.24) is 24.1 Å². The first-order valence-electron chi connectivity index (χ1n) is 17.0. The quantitative estimate of drug-likeness (QED) is 0.190. The lowest BCUT2D eigenvalue weighted by Crippen LogP contribution is -2.06. The van der Waals surface area contributed by atoms with Gasteiger partial charge >= 0.3 is 0 Å². The van der Waals surface area contributed by atoms with Gasteiger partial charge in [0.25, 0.3) is 0 Å². The molecule has 238 valence electrons. The summed E-state index contributed by atoms with van der Waals surface area (Å²) in [5.74, 6) is 1.75. The molecule has 51 heavy (non-hydrogen) atoms. The highest BCUT2D eigenvalue weighted by molar-refractivity contribution is 6.13. The Morgan fingerprint density at radius 3 is 1.49 bits per heavy atom. The fourth-order valence-electron chi connectivity index (χ4n) is 7.73. The van der Waals surface area contributed by atoms with Crippen molar-refractivity contribution in [2.75, 3.05) is 0 Å². The maximum absolute atomic E-state index is 6.80. The molecule has 4 heterocycles. The van der Waals surface area contributed by atoms with E-state index in [2.05, 4.69) is 143 Å². The van der Waals surface area contributed by atoms with Gasteiger partial charge in [-0.15, -0.1) is 0 Å². The molecule has 0 fully saturated rings. The second kappa shape index (κ2) is 10.7. The highest BCUT2D eigenvalue weighted by Crippen LogP contribution is 2.39. The zero-order valence-corrected chi connectivity index (χ0v) is 27.2. The van der Waals surface area contributed by atoms with Crippen LogP contribution in [0.2, 0.25) is 0 Å². The van der Waals surface area contributed by atoms with E-state index < -0.39 is 0 Å². The molecule has 0 radical (unpaired) electrons. The first-order valence-corrected chi connectivity index (χ1v) is 17.0. The fraction of sp³-hybridized carbons (Fsp3) is 0. The number of benzene rings is 7. The van der Waals surface area contributed by atoms with Gasteiger partial charge in [0.2, 0.25) is 5.95 Å². The molecule has 6 nitrogen and oxygen atoms in total. The first-order chi connectivity index (χ1) is 25.3. The average Bonchev–Trinajstić information content (AvgIpc) is 3.86. The molecule has 0 aliphatic carbocycles. The van der Waals surface area contributed by atoms with Gasteiger partial charge in [0, 0.05) is 43.4 Å². The average molecular weight is 654 g/mol. The zero-order valence-electron chi connectivity index (χ0n) is 27.2. The van der Waals surface area contributed by atoms with Crippen molar-refractivity contribution >= 4 is 65.6 Å². The highest BCUT2D eigenvalue weighted by Gasteiger charge is 2.20. The minimum Gasteiger partial charge on any atom is -0.454 e. The maximum Gasteiger partial charge on any atom is 0.238 e. The molecule has 0 atom stereocenters. The normalized spacial score (nSPS) is 11.9. The van der Waals surface area contributed by atoms with Gasteiger partial charge in [-0.2, -0.15) is 9.97 Å². The lowest BCUT2D eigenvalue weighted by atomic mass is 10.1. The number of fused-ring (bicyclic) bond motifs is 9. The van der Waals surface area contributed by atoms with Crippen molar-refractivity contribution < 1.29 is 4.42 Å². The molecule has 0 saturated heterocycles. The smallest absolute Gasteiger partial charge is 0.238 e. The highest BCUT2D eigenvalue weighted by atomic mass is 16.3. The van der Waals surface area contributed by atoms with Gasteiger partial charge < -0.3 is 8.98 Å². The van der Waals surface area contributed by atoms with Gasteiger partial charge in [0.15, 0.2) is 17.2 Å². The summed E-state index contributed by atoms with van der Waals surface area (Å²) in [4.78, 5) is 15.3. The van der Waals surface area contributed by atoms with Crippen molar-refractivity contribution in [3.8, 4) is 34.4 Å². The Morgan fingerprint density at radius 2 is 0.882 bits per heavy atom. The van der Waals surface area contributed by atoms with Crippen LogP contribution in [0.5, 0.6) is 0 Å². The number of rotatable bonds is 4. The monoisotopic (exact) mass is 653 g/mol. The van der Waals surface area contributed by atoms with Crippen LogP contribution in [0.25, 0.3) is 100.0 Å². The van der Waals surface area contributed by atoms with Crippen molar-refractivity contribution in [1.29, 1.82) is 0 Å². The molecule has 7 aromatic carbocycles. The summed E-state index contributed by atoms with van der Waals surface area (Å²) < 4.78 is 11.3. The Hall–Kier alpha value is -7.05. The van der Waals surface area contributed by atoms with Gasteiger partial charge in [0.05, 0.1) is 27.8 Å². The summed E-state index contributed by atoms with van der Waals surface area (Å²) in [7, 11) is 0. The van der Waals surface area contributed by atoms with Crippen molar-refractivity contribution in [3.63, 3.8) is 0 Å². The van der Waals surface area contributed by atoms with Crippen molar-refractivity contribution in [2.24, 2.45) is 0 Å². The van der Waals surface area contributed by atoms with E-state index >= 15 is 0 Å². The van der Waals surface area contributed by atoms with Crippen LogP contribution in [0.4, 0.5) is 0 Å². The Balaban J connectivity index is 1.14. The molecule has 0 bridgehead atoms. The van der Waals surface area contributed by atoms with E-state index in [1.807, 2.05) is 30.3 Å². The van der Waals surface area contributed by atoms with E-state index in [1.54, 1.807) is 0 Å². The van der Waals surface area contributed by atoms with Gasteiger partial charge in [-0.1, -0.05) is 121 Å². The van der Waals surface area contributed by atoms with Gasteiger partial charge in [-0.3, -0.25) is 4.57 Å². The van der Waals surface area contributed by atoms with Crippen LogP contribution in [0.15, 0.2) is 168 Å². The predicted octanol–water partition coefficient (Wildman–Crippen LogP) is 11.3. The number of nitrogens with zero attached hydrogens (tertiary/aromatic N) is 5. The first kappa shape index (κ1) is 27.9. The molecular formula is C45H27N5O. The molecule has 0 N–H and O–H groups in total. The van der Waals surface area contributed by atoms with Crippen LogP contribution < -0.4 is 0 Å². The number of aromatic nitrogens is 5. The van der Waals surface area contributed by atoms with Crippen molar-refractivity contribution in [2.45, 2.75) is 0 Å². The van der Waals surface area contributed by atoms with Crippen LogP contribution >= 0.6 is 0 Å². The molecular weight excluding hydrogens is 627 g/mol. The Kier molecular flexibility index (Phi) is 5.86. The largest absolute Gasteiger partial charge is 0.454 e. The summed E-state index contributed by atoms with van der Waals surface area (Å²) in [5.41, 5.74) is 8.75. The summed E-state index contributed by atoms with van der Waals surface area (Å²) in [6.45, 7) is 0. The van der Waals surface area contributed by atoms with Crippen LogP contribution in [0.3, 0.4) is 0 Å². The Labute approximate surface area is 291 Å². The molecule has 0 aliphatic rings. The molecule has 4 aromatic heterocycles. The van der Waals surface area contributed by atoms with E-state index in [0.29, 0.717) is 17.6 Å². The van der Waals surface area contributed by atoms with Crippen LogP contribution in [-0.2, 0) is 0 Å². The third-order valence-electron chi connectivity index (χ3n) is 9.99. The second-order valence-corrected chi connectivity index (χ2v) is 12.9. The van der Waals surface area contributed by atoms with Gasteiger partial charge in [0.1, 0.15) is 5.58 Å². The summed E-state index contributed by atoms with van der Waals surface area (Å²) in [6.07, 6.45) is 0. The van der Waals surface area contributed by atoms with Gasteiger partial charge in [-0.05, 0) is 42.5 Å². The number of para-hydroxylation sites is 5. The number of hydrogen-bond donors (Lipinski definition) is 0. The summed E-state index contributed by atoms with van der Waals surface area (Å²) >= 11 is 0. The van der Waals surface area contributed by atoms with E-state index in [1.165, 1.54) is 10.8 Å². The molecule has 0 spiro atoms. The molecule has 0 amide bonds. The summed E-state index contributed by atoms with van der Waals surface area (Å²) in [5, 5.41) is 6.83. The summed E-state index contributed by atoms with van der Waals surface area (Å²) in [6, 6.07) is 56.6. The van der Waals surface area contributed by atoms with E-state index in [-0.39, 0.29) is 0 Å². The maximum atomic E-state index is 6.80.